The highest BCUT2D eigenvalue weighted by Crippen LogP contribution is 2.38. The fourth-order valence-corrected chi connectivity index (χ4v) is 4.15. The standard InChI is InChI=1S/C23H23ClN2O4S/c1-3-10-25-23-26(19-7-5-4-6-15(19)2)22(29)21(31-23)12-16-8-9-20(18(24)11-16)30-14-17(28)13-27/h4-9,11-13,17,28H,3,10,14H2,1-2H3/b21-12+,25-23-. The number of para-hydroxylation sites is 1. The van der Waals surface area contributed by atoms with Gasteiger partial charge in [0.1, 0.15) is 18.5 Å². The van der Waals surface area contributed by atoms with Crippen molar-refractivity contribution in [1.29, 1.82) is 0 Å². The second kappa shape index (κ2) is 10.6. The van der Waals surface area contributed by atoms with Gasteiger partial charge < -0.3 is 14.6 Å². The molecule has 1 fully saturated rings. The molecule has 8 heteroatoms. The first kappa shape index (κ1) is 23.1. The summed E-state index contributed by atoms with van der Waals surface area (Å²) in [4.78, 5) is 30.6. The zero-order chi connectivity index (χ0) is 22.4. The van der Waals surface area contributed by atoms with Crippen LogP contribution in [0.5, 0.6) is 5.75 Å². The number of aldehydes is 1. The molecule has 1 aliphatic rings. The zero-order valence-corrected chi connectivity index (χ0v) is 18.8. The maximum atomic E-state index is 13.2. The average Bonchev–Trinajstić information content (AvgIpc) is 3.06. The molecule has 1 N–H and O–H groups in total. The van der Waals surface area contributed by atoms with Crippen LogP contribution in [0.3, 0.4) is 0 Å². The number of amidine groups is 1. The molecule has 0 spiro atoms. The highest BCUT2D eigenvalue weighted by Gasteiger charge is 2.35. The number of amides is 1. The van der Waals surface area contributed by atoms with E-state index >= 15 is 0 Å². The SMILES string of the molecule is CCC/N=C1\S/C(=C/c2ccc(OCC(O)C=O)c(Cl)c2)C(=O)N1c1ccccc1C. The summed E-state index contributed by atoms with van der Waals surface area (Å²) in [7, 11) is 0. The number of aliphatic hydroxyl groups excluding tert-OH is 1. The van der Waals surface area contributed by atoms with Crippen LogP contribution in [0.1, 0.15) is 24.5 Å². The number of ether oxygens (including phenoxy) is 1. The van der Waals surface area contributed by atoms with E-state index in [1.807, 2.05) is 38.1 Å². The van der Waals surface area contributed by atoms with Gasteiger partial charge in [0.2, 0.25) is 0 Å². The highest BCUT2D eigenvalue weighted by molar-refractivity contribution is 8.19. The fraction of sp³-hybridized carbons (Fsp3) is 0.261. The summed E-state index contributed by atoms with van der Waals surface area (Å²) in [5.74, 6) is 0.210. The molecule has 3 rings (SSSR count). The lowest BCUT2D eigenvalue weighted by atomic mass is 10.1. The first-order chi connectivity index (χ1) is 14.9. The van der Waals surface area contributed by atoms with Crippen molar-refractivity contribution in [3.05, 3.63) is 63.5 Å². The van der Waals surface area contributed by atoms with Crippen molar-refractivity contribution < 1.29 is 19.4 Å². The molecule has 6 nitrogen and oxygen atoms in total. The van der Waals surface area contributed by atoms with Crippen molar-refractivity contribution in [2.24, 2.45) is 4.99 Å². The topological polar surface area (TPSA) is 79.2 Å². The monoisotopic (exact) mass is 458 g/mol. The molecule has 1 atom stereocenters. The smallest absolute Gasteiger partial charge is 0.271 e. The summed E-state index contributed by atoms with van der Waals surface area (Å²) in [5, 5.41) is 10.3. The number of hydrogen-bond donors (Lipinski definition) is 1. The maximum Gasteiger partial charge on any atom is 0.271 e. The van der Waals surface area contributed by atoms with E-state index in [1.165, 1.54) is 11.8 Å². The van der Waals surface area contributed by atoms with Gasteiger partial charge in [0.25, 0.3) is 5.91 Å². The third-order valence-electron chi connectivity index (χ3n) is 4.45. The molecule has 0 aromatic heterocycles. The summed E-state index contributed by atoms with van der Waals surface area (Å²) in [6, 6.07) is 12.8. The van der Waals surface area contributed by atoms with Gasteiger partial charge in [0.05, 0.1) is 15.6 Å². The average molecular weight is 459 g/mol. The van der Waals surface area contributed by atoms with E-state index in [1.54, 1.807) is 29.2 Å². The summed E-state index contributed by atoms with van der Waals surface area (Å²) in [6.07, 6.45) is 1.84. The van der Waals surface area contributed by atoms with Crippen LogP contribution < -0.4 is 9.64 Å². The third kappa shape index (κ3) is 5.55. The molecule has 1 aliphatic heterocycles. The van der Waals surface area contributed by atoms with Crippen LogP contribution in [0.25, 0.3) is 6.08 Å². The van der Waals surface area contributed by atoms with Gasteiger partial charge in [-0.05, 0) is 60.5 Å². The Morgan fingerprint density at radius 2 is 2.06 bits per heavy atom. The molecule has 1 unspecified atom stereocenters. The number of benzene rings is 2. The van der Waals surface area contributed by atoms with Crippen LogP contribution in [0.2, 0.25) is 5.02 Å². The Balaban J connectivity index is 1.88. The Hall–Kier alpha value is -2.61. The van der Waals surface area contributed by atoms with Crippen molar-refractivity contribution >= 4 is 52.5 Å². The number of nitrogens with zero attached hydrogens (tertiary/aromatic N) is 2. The van der Waals surface area contributed by atoms with Crippen molar-refractivity contribution in [2.45, 2.75) is 26.4 Å². The van der Waals surface area contributed by atoms with Crippen LogP contribution in [-0.4, -0.2) is 41.7 Å². The first-order valence-electron chi connectivity index (χ1n) is 9.84. The minimum Gasteiger partial charge on any atom is -0.489 e. The van der Waals surface area contributed by atoms with Crippen molar-refractivity contribution in [2.75, 3.05) is 18.1 Å². The summed E-state index contributed by atoms with van der Waals surface area (Å²) in [5.41, 5.74) is 2.53. The van der Waals surface area contributed by atoms with Gasteiger partial charge >= 0.3 is 0 Å². The number of aryl methyl sites for hydroxylation is 1. The molecule has 1 amide bonds. The largest absolute Gasteiger partial charge is 0.489 e. The van der Waals surface area contributed by atoms with E-state index < -0.39 is 6.10 Å². The quantitative estimate of drug-likeness (QED) is 0.466. The Morgan fingerprint density at radius 3 is 2.74 bits per heavy atom. The number of aliphatic hydroxyl groups is 1. The third-order valence-corrected chi connectivity index (χ3v) is 5.76. The first-order valence-corrected chi connectivity index (χ1v) is 11.0. The van der Waals surface area contributed by atoms with Crippen LogP contribution >= 0.6 is 23.4 Å². The van der Waals surface area contributed by atoms with Crippen LogP contribution in [0, 0.1) is 6.92 Å². The number of halogens is 1. The summed E-state index contributed by atoms with van der Waals surface area (Å²) in [6.45, 7) is 4.46. The highest BCUT2D eigenvalue weighted by atomic mass is 35.5. The molecule has 0 aliphatic carbocycles. The maximum absolute atomic E-state index is 13.2. The van der Waals surface area contributed by atoms with E-state index in [9.17, 15) is 14.7 Å². The lowest BCUT2D eigenvalue weighted by Gasteiger charge is -2.18. The van der Waals surface area contributed by atoms with E-state index in [4.69, 9.17) is 16.3 Å². The number of aliphatic imine (C=N–C) groups is 1. The predicted molar refractivity (Wildman–Crippen MR) is 126 cm³/mol. The van der Waals surface area contributed by atoms with Crippen molar-refractivity contribution in [3.8, 4) is 5.75 Å². The molecular formula is C23H23ClN2O4S. The van der Waals surface area contributed by atoms with E-state index in [-0.39, 0.29) is 12.5 Å². The Kier molecular flexibility index (Phi) is 7.90. The van der Waals surface area contributed by atoms with Crippen LogP contribution in [0.15, 0.2) is 52.4 Å². The van der Waals surface area contributed by atoms with Gasteiger partial charge in [-0.25, -0.2) is 0 Å². The van der Waals surface area contributed by atoms with Gasteiger partial charge in [0, 0.05) is 6.54 Å². The van der Waals surface area contributed by atoms with E-state index in [0.29, 0.717) is 33.7 Å². The summed E-state index contributed by atoms with van der Waals surface area (Å²) < 4.78 is 5.35. The lowest BCUT2D eigenvalue weighted by molar-refractivity contribution is -0.116. The van der Waals surface area contributed by atoms with Crippen molar-refractivity contribution in [1.82, 2.24) is 0 Å². The molecule has 2 aromatic rings. The van der Waals surface area contributed by atoms with Crippen LogP contribution in [0.4, 0.5) is 5.69 Å². The van der Waals surface area contributed by atoms with E-state index in [0.717, 1.165) is 23.2 Å². The number of thioether (sulfide) groups is 1. The van der Waals surface area contributed by atoms with E-state index in [2.05, 4.69) is 4.99 Å². The second-order valence-electron chi connectivity index (χ2n) is 6.91. The van der Waals surface area contributed by atoms with Gasteiger partial charge in [-0.1, -0.05) is 42.8 Å². The molecule has 0 bridgehead atoms. The van der Waals surface area contributed by atoms with Crippen LogP contribution in [-0.2, 0) is 9.59 Å². The molecule has 162 valence electrons. The van der Waals surface area contributed by atoms with Gasteiger partial charge in [-0.15, -0.1) is 0 Å². The predicted octanol–water partition coefficient (Wildman–Crippen LogP) is 4.47. The molecule has 0 saturated carbocycles. The number of anilines is 1. The Morgan fingerprint density at radius 1 is 1.29 bits per heavy atom. The fourth-order valence-electron chi connectivity index (χ4n) is 2.90. The molecular weight excluding hydrogens is 436 g/mol. The molecule has 2 aromatic carbocycles. The van der Waals surface area contributed by atoms with Crippen molar-refractivity contribution in [3.63, 3.8) is 0 Å². The minimum absolute atomic E-state index is 0.139. The number of carbonyl (C=O) groups is 2. The number of carbonyl (C=O) groups excluding carboxylic acids is 2. The Bertz CT molecular complexity index is 1040. The lowest BCUT2D eigenvalue weighted by Crippen LogP contribution is -2.29. The summed E-state index contributed by atoms with van der Waals surface area (Å²) >= 11 is 7.60. The number of hydrogen-bond acceptors (Lipinski definition) is 6. The molecule has 31 heavy (non-hydrogen) atoms. The molecule has 1 heterocycles. The zero-order valence-electron chi connectivity index (χ0n) is 17.2. The second-order valence-corrected chi connectivity index (χ2v) is 8.32. The van der Waals surface area contributed by atoms with Gasteiger partial charge in [0.15, 0.2) is 11.5 Å². The van der Waals surface area contributed by atoms with Gasteiger partial charge in [-0.2, -0.15) is 0 Å². The van der Waals surface area contributed by atoms with Gasteiger partial charge in [-0.3, -0.25) is 14.7 Å². The molecule has 0 radical (unpaired) electrons. The minimum atomic E-state index is -1.21. The number of rotatable bonds is 8. The molecule has 1 saturated heterocycles. The normalized spacial score (nSPS) is 17.4. The Labute approximate surface area is 190 Å².